The van der Waals surface area contributed by atoms with Crippen LogP contribution in [0.25, 0.3) is 0 Å². The number of piperidine rings is 1. The Hall–Kier alpha value is -1.41. The molecule has 1 fully saturated rings. The minimum absolute atomic E-state index is 0.226. The Morgan fingerprint density at radius 3 is 2.50 bits per heavy atom. The van der Waals surface area contributed by atoms with Crippen LogP contribution in [0.2, 0.25) is 5.02 Å². The third-order valence-electron chi connectivity index (χ3n) is 4.51. The monoisotopic (exact) mass is 412 g/mol. The minimum Gasteiger partial charge on any atom is -0.347 e. The van der Waals surface area contributed by atoms with Crippen molar-refractivity contribution in [3.05, 3.63) is 51.9 Å². The van der Waals surface area contributed by atoms with E-state index in [0.29, 0.717) is 35.5 Å². The number of hydrogen-bond acceptors (Lipinski definition) is 4. The van der Waals surface area contributed by atoms with Crippen LogP contribution >= 0.6 is 22.9 Å². The minimum atomic E-state index is -3.51. The second kappa shape index (κ2) is 8.08. The molecule has 1 aromatic heterocycles. The number of carbonyl (C=O) groups is 1. The van der Waals surface area contributed by atoms with Crippen molar-refractivity contribution in [1.29, 1.82) is 0 Å². The number of benzene rings is 1. The number of amides is 1. The maximum Gasteiger partial charge on any atom is 0.261 e. The molecule has 2 heterocycles. The highest BCUT2D eigenvalue weighted by Gasteiger charge is 2.29. The van der Waals surface area contributed by atoms with Crippen LogP contribution in [0, 0.1) is 5.92 Å². The Morgan fingerprint density at radius 2 is 1.85 bits per heavy atom. The Kier molecular flexibility index (Phi) is 6.02. The molecular formula is C18H21ClN2O3S2. The van der Waals surface area contributed by atoms with Crippen molar-refractivity contribution in [2.24, 2.45) is 5.92 Å². The molecule has 0 bridgehead atoms. The fraction of sp³-hybridized carbons (Fsp3) is 0.389. The Balaban J connectivity index is 1.64. The van der Waals surface area contributed by atoms with Crippen LogP contribution in [0.5, 0.6) is 0 Å². The summed E-state index contributed by atoms with van der Waals surface area (Å²) in [5, 5.41) is 3.44. The van der Waals surface area contributed by atoms with E-state index in [1.165, 1.54) is 10.4 Å². The molecule has 0 aliphatic carbocycles. The molecule has 8 heteroatoms. The van der Waals surface area contributed by atoms with E-state index in [1.807, 2.05) is 12.1 Å². The molecular weight excluding hydrogens is 392 g/mol. The van der Waals surface area contributed by atoms with Gasteiger partial charge in [0.25, 0.3) is 15.9 Å². The molecule has 0 atom stereocenters. The molecule has 0 unspecified atom stereocenters. The lowest BCUT2D eigenvalue weighted by Gasteiger charge is -2.28. The van der Waals surface area contributed by atoms with Gasteiger partial charge in [-0.25, -0.2) is 8.42 Å². The van der Waals surface area contributed by atoms with Gasteiger partial charge in [0.2, 0.25) is 0 Å². The highest BCUT2D eigenvalue weighted by Crippen LogP contribution is 2.28. The predicted molar refractivity (Wildman–Crippen MR) is 104 cm³/mol. The van der Waals surface area contributed by atoms with Gasteiger partial charge in [0.15, 0.2) is 0 Å². The summed E-state index contributed by atoms with van der Waals surface area (Å²) in [6, 6.07) is 10.3. The molecule has 1 aliphatic heterocycles. The highest BCUT2D eigenvalue weighted by atomic mass is 35.5. The largest absolute Gasteiger partial charge is 0.347 e. The van der Waals surface area contributed by atoms with Gasteiger partial charge in [-0.2, -0.15) is 4.31 Å². The zero-order valence-electron chi connectivity index (χ0n) is 14.4. The zero-order chi connectivity index (χ0) is 18.7. The highest BCUT2D eigenvalue weighted by molar-refractivity contribution is 7.91. The summed E-state index contributed by atoms with van der Waals surface area (Å²) in [5.41, 5.74) is 0.926. The quantitative estimate of drug-likeness (QED) is 0.813. The van der Waals surface area contributed by atoms with Crippen LogP contribution in [0.3, 0.4) is 0 Å². The number of nitrogens with zero attached hydrogens (tertiary/aromatic N) is 1. The predicted octanol–water partition coefficient (Wildman–Crippen LogP) is 3.75. The van der Waals surface area contributed by atoms with E-state index in [4.69, 9.17) is 11.6 Å². The maximum atomic E-state index is 12.7. The summed E-state index contributed by atoms with van der Waals surface area (Å²) in [4.78, 5) is 12.7. The average Bonchev–Trinajstić information content (AvgIpc) is 3.12. The number of nitrogens with one attached hydrogen (secondary N) is 1. The smallest absolute Gasteiger partial charge is 0.261 e. The van der Waals surface area contributed by atoms with E-state index < -0.39 is 10.0 Å². The lowest BCUT2D eigenvalue weighted by molar-refractivity contribution is 0.0955. The molecule has 0 spiro atoms. The van der Waals surface area contributed by atoms with E-state index in [0.717, 1.165) is 29.7 Å². The number of carbonyl (C=O) groups excluding carboxylic acids is 1. The van der Waals surface area contributed by atoms with Crippen molar-refractivity contribution in [1.82, 2.24) is 9.62 Å². The molecule has 3 rings (SSSR count). The standard InChI is InChI=1S/C18H21ClN2O3S2/c1-13-8-10-21(11-9-13)26(23,24)17-7-6-16(25-17)18(22)20-12-14-2-4-15(19)5-3-14/h2-7,13H,8-12H2,1H3,(H,20,22). The summed E-state index contributed by atoms with van der Waals surface area (Å²) < 4.78 is 27.2. The van der Waals surface area contributed by atoms with Gasteiger partial charge in [0, 0.05) is 24.7 Å². The van der Waals surface area contributed by atoms with Crippen LogP contribution in [0.4, 0.5) is 0 Å². The molecule has 5 nitrogen and oxygen atoms in total. The molecule has 0 radical (unpaired) electrons. The van der Waals surface area contributed by atoms with Crippen molar-refractivity contribution in [2.75, 3.05) is 13.1 Å². The van der Waals surface area contributed by atoms with Crippen molar-refractivity contribution in [3.8, 4) is 0 Å². The van der Waals surface area contributed by atoms with E-state index in [9.17, 15) is 13.2 Å². The van der Waals surface area contributed by atoms with Crippen LogP contribution in [-0.4, -0.2) is 31.7 Å². The first-order valence-corrected chi connectivity index (χ1v) is 11.1. The third kappa shape index (κ3) is 4.46. The maximum absolute atomic E-state index is 12.7. The first-order valence-electron chi connectivity index (χ1n) is 8.49. The van der Waals surface area contributed by atoms with Crippen molar-refractivity contribution in [3.63, 3.8) is 0 Å². The van der Waals surface area contributed by atoms with Gasteiger partial charge in [-0.3, -0.25) is 4.79 Å². The fourth-order valence-electron chi connectivity index (χ4n) is 2.81. The second-order valence-electron chi connectivity index (χ2n) is 6.51. The van der Waals surface area contributed by atoms with Crippen molar-refractivity contribution >= 4 is 38.9 Å². The summed E-state index contributed by atoms with van der Waals surface area (Å²) in [5.74, 6) is 0.276. The van der Waals surface area contributed by atoms with Crippen LogP contribution < -0.4 is 5.32 Å². The first-order chi connectivity index (χ1) is 12.4. The van der Waals surface area contributed by atoms with E-state index >= 15 is 0 Å². The lowest BCUT2D eigenvalue weighted by Crippen LogP contribution is -2.37. The first kappa shape index (κ1) is 19.4. The van der Waals surface area contributed by atoms with E-state index in [2.05, 4.69) is 12.2 Å². The van der Waals surface area contributed by atoms with Gasteiger partial charge in [-0.1, -0.05) is 30.7 Å². The van der Waals surface area contributed by atoms with Crippen LogP contribution in [0.1, 0.15) is 35.0 Å². The zero-order valence-corrected chi connectivity index (χ0v) is 16.8. The summed E-state index contributed by atoms with van der Waals surface area (Å²) in [6.45, 7) is 3.58. The SMILES string of the molecule is CC1CCN(S(=O)(=O)c2ccc(C(=O)NCc3ccc(Cl)cc3)s2)CC1. The number of rotatable bonds is 5. The van der Waals surface area contributed by atoms with Gasteiger partial charge in [0.1, 0.15) is 4.21 Å². The molecule has 1 aromatic carbocycles. The molecule has 1 aliphatic rings. The lowest BCUT2D eigenvalue weighted by atomic mass is 10.0. The molecule has 1 N–H and O–H groups in total. The second-order valence-corrected chi connectivity index (χ2v) is 10.2. The topological polar surface area (TPSA) is 66.5 Å². The fourth-order valence-corrected chi connectivity index (χ4v) is 5.78. The Labute approximate surface area is 163 Å². The molecule has 0 saturated carbocycles. The number of thiophene rings is 1. The van der Waals surface area contributed by atoms with Gasteiger partial charge in [-0.15, -0.1) is 11.3 Å². The average molecular weight is 413 g/mol. The molecule has 1 saturated heterocycles. The van der Waals surface area contributed by atoms with E-state index in [-0.39, 0.29) is 10.1 Å². The Bertz CT molecular complexity index is 870. The van der Waals surface area contributed by atoms with Gasteiger partial charge < -0.3 is 5.32 Å². The molecule has 2 aromatic rings. The summed E-state index contributed by atoms with van der Waals surface area (Å²) in [7, 11) is -3.51. The van der Waals surface area contributed by atoms with Crippen molar-refractivity contribution < 1.29 is 13.2 Å². The number of sulfonamides is 1. The van der Waals surface area contributed by atoms with Gasteiger partial charge in [0.05, 0.1) is 4.88 Å². The Morgan fingerprint density at radius 1 is 1.19 bits per heavy atom. The van der Waals surface area contributed by atoms with Crippen LogP contribution in [0.15, 0.2) is 40.6 Å². The van der Waals surface area contributed by atoms with Crippen molar-refractivity contribution in [2.45, 2.75) is 30.5 Å². The summed E-state index contributed by atoms with van der Waals surface area (Å²) >= 11 is 6.86. The molecule has 140 valence electrons. The van der Waals surface area contributed by atoms with E-state index in [1.54, 1.807) is 18.2 Å². The number of halogens is 1. The molecule has 1 amide bonds. The van der Waals surface area contributed by atoms with Gasteiger partial charge in [-0.05, 0) is 48.6 Å². The number of hydrogen-bond donors (Lipinski definition) is 1. The van der Waals surface area contributed by atoms with Gasteiger partial charge >= 0.3 is 0 Å². The van der Waals surface area contributed by atoms with Crippen LogP contribution in [-0.2, 0) is 16.6 Å². The normalized spacial score (nSPS) is 16.5. The third-order valence-corrected chi connectivity index (χ3v) is 8.21. The molecule has 26 heavy (non-hydrogen) atoms. The summed E-state index contributed by atoms with van der Waals surface area (Å²) in [6.07, 6.45) is 1.75.